The molecule has 1 aliphatic carbocycles. The Labute approximate surface area is 199 Å². The molecule has 6 heteroatoms. The molecule has 33 heavy (non-hydrogen) atoms. The average Bonchev–Trinajstić information content (AvgIpc) is 2.82. The lowest BCUT2D eigenvalue weighted by Crippen LogP contribution is -2.26. The van der Waals surface area contributed by atoms with Gasteiger partial charge in [0.05, 0.1) is 17.8 Å². The number of ether oxygens (including phenoxy) is 1. The van der Waals surface area contributed by atoms with Crippen LogP contribution in [0.25, 0.3) is 0 Å². The molecule has 2 rings (SSSR count). The molecule has 0 saturated heterocycles. The quantitative estimate of drug-likeness (QED) is 0.118. The number of hydrogen-bond acceptors (Lipinski definition) is 5. The number of alkyl halides is 1. The molecule has 0 heterocycles. The van der Waals surface area contributed by atoms with Gasteiger partial charge in [-0.1, -0.05) is 49.6 Å². The number of fused-ring (bicyclic) bond motifs is 1. The van der Waals surface area contributed by atoms with E-state index in [1.807, 2.05) is 0 Å². The van der Waals surface area contributed by atoms with Crippen LogP contribution in [0.15, 0.2) is 88.0 Å². The monoisotopic (exact) mass is 465 g/mol. The minimum Gasteiger partial charge on any atom is -0.462 e. The number of esters is 1. The molecule has 0 bridgehead atoms. The third kappa shape index (κ3) is 5.74. The number of halogens is 1. The smallest absolute Gasteiger partial charge is 0.337 e. The predicted molar refractivity (Wildman–Crippen MR) is 133 cm³/mol. The van der Waals surface area contributed by atoms with E-state index in [0.29, 0.717) is 45.9 Å². The van der Waals surface area contributed by atoms with Crippen LogP contribution >= 0.6 is 11.6 Å². The van der Waals surface area contributed by atoms with E-state index >= 15 is 0 Å². The van der Waals surface area contributed by atoms with Crippen LogP contribution in [0.4, 0.5) is 0 Å². The number of ketones is 2. The molecular formula is C27H28ClNO4. The summed E-state index contributed by atoms with van der Waals surface area (Å²) in [5.74, 6) is -0.626. The zero-order chi connectivity index (χ0) is 24.7. The van der Waals surface area contributed by atoms with Crippen molar-refractivity contribution in [1.29, 1.82) is 0 Å². The Kier molecular flexibility index (Phi) is 9.06. The molecule has 0 saturated carbocycles. The lowest BCUT2D eigenvalue weighted by Gasteiger charge is -2.22. The van der Waals surface area contributed by atoms with Crippen LogP contribution in [0.5, 0.6) is 0 Å². The van der Waals surface area contributed by atoms with Gasteiger partial charge in [0.2, 0.25) is 0 Å². The summed E-state index contributed by atoms with van der Waals surface area (Å²) in [4.78, 5) is 42.8. The van der Waals surface area contributed by atoms with Gasteiger partial charge in [-0.05, 0) is 43.9 Å². The molecule has 0 spiro atoms. The van der Waals surface area contributed by atoms with E-state index in [9.17, 15) is 14.4 Å². The standard InChI is InChI=1S/C27H28ClNO4/c1-16(12-13-17(2)19(4)27(32)33-15-9-14-28)18(3)23-24(20(5)29-6)26(31)22-11-8-7-10-21(22)25(23)30/h7-8,10-13H,3-4,9,14-15H2,1-2,5-6H3/b16-12?,17-13+,29-20?. The second kappa shape index (κ2) is 11.5. The van der Waals surface area contributed by atoms with Crippen molar-refractivity contribution in [2.45, 2.75) is 27.2 Å². The van der Waals surface area contributed by atoms with Crippen molar-refractivity contribution in [3.63, 3.8) is 0 Å². The number of nitrogens with zero attached hydrogens (tertiary/aromatic N) is 1. The van der Waals surface area contributed by atoms with Crippen molar-refractivity contribution >= 4 is 34.8 Å². The summed E-state index contributed by atoms with van der Waals surface area (Å²) in [5.41, 5.74) is 3.58. The molecule has 5 nitrogen and oxygen atoms in total. The molecule has 1 aromatic rings. The van der Waals surface area contributed by atoms with Crippen LogP contribution in [-0.2, 0) is 9.53 Å². The first-order chi connectivity index (χ1) is 15.6. The van der Waals surface area contributed by atoms with Crippen molar-refractivity contribution in [2.75, 3.05) is 19.5 Å². The van der Waals surface area contributed by atoms with Gasteiger partial charge in [-0.2, -0.15) is 0 Å². The molecule has 0 aromatic heterocycles. The summed E-state index contributed by atoms with van der Waals surface area (Å²) in [6, 6.07) is 6.74. The Morgan fingerprint density at radius 1 is 1.00 bits per heavy atom. The number of carbonyl (C=O) groups is 3. The summed E-state index contributed by atoms with van der Waals surface area (Å²) in [6.45, 7) is 13.3. The maximum Gasteiger partial charge on any atom is 0.337 e. The van der Waals surface area contributed by atoms with Gasteiger partial charge in [0.15, 0.2) is 11.6 Å². The number of benzene rings is 1. The molecule has 0 unspecified atom stereocenters. The van der Waals surface area contributed by atoms with Crippen molar-refractivity contribution in [3.8, 4) is 0 Å². The molecule has 0 N–H and O–H groups in total. The maximum atomic E-state index is 13.3. The normalized spacial score (nSPS) is 14.9. The Balaban J connectivity index is 2.41. The number of Topliss-reactive ketones (excluding diaryl/α,β-unsaturated/α-hetero) is 2. The Hall–Kier alpha value is -3.31. The first-order valence-corrected chi connectivity index (χ1v) is 11.0. The number of allylic oxidation sites excluding steroid dienone is 6. The van der Waals surface area contributed by atoms with Crippen LogP contribution in [0.2, 0.25) is 0 Å². The summed E-state index contributed by atoms with van der Waals surface area (Å²) in [6.07, 6.45) is 4.00. The van der Waals surface area contributed by atoms with E-state index in [1.54, 1.807) is 64.2 Å². The summed E-state index contributed by atoms with van der Waals surface area (Å²) >= 11 is 5.59. The van der Waals surface area contributed by atoms with Crippen molar-refractivity contribution in [1.82, 2.24) is 0 Å². The molecule has 0 radical (unpaired) electrons. The van der Waals surface area contributed by atoms with Gasteiger partial charge in [-0.25, -0.2) is 4.79 Å². The zero-order valence-corrected chi connectivity index (χ0v) is 20.2. The third-order valence-electron chi connectivity index (χ3n) is 5.41. The van der Waals surface area contributed by atoms with Crippen molar-refractivity contribution < 1.29 is 19.1 Å². The minimum absolute atomic E-state index is 0.228. The second-order valence-electron chi connectivity index (χ2n) is 7.60. The highest BCUT2D eigenvalue weighted by molar-refractivity contribution is 6.38. The highest BCUT2D eigenvalue weighted by Gasteiger charge is 2.34. The molecular weight excluding hydrogens is 438 g/mol. The fourth-order valence-corrected chi connectivity index (χ4v) is 3.35. The van der Waals surface area contributed by atoms with Crippen LogP contribution in [0.1, 0.15) is 47.9 Å². The Bertz CT molecular complexity index is 1150. The van der Waals surface area contributed by atoms with E-state index in [0.717, 1.165) is 0 Å². The van der Waals surface area contributed by atoms with E-state index in [2.05, 4.69) is 18.2 Å². The van der Waals surface area contributed by atoms with E-state index in [4.69, 9.17) is 16.3 Å². The third-order valence-corrected chi connectivity index (χ3v) is 5.68. The van der Waals surface area contributed by atoms with Gasteiger partial charge in [-0.3, -0.25) is 14.6 Å². The predicted octanol–water partition coefficient (Wildman–Crippen LogP) is 5.63. The highest BCUT2D eigenvalue weighted by Crippen LogP contribution is 2.33. The van der Waals surface area contributed by atoms with E-state index in [-0.39, 0.29) is 34.9 Å². The van der Waals surface area contributed by atoms with Crippen LogP contribution in [-0.4, -0.2) is 42.8 Å². The first-order valence-electron chi connectivity index (χ1n) is 10.5. The molecule has 0 fully saturated rings. The zero-order valence-electron chi connectivity index (χ0n) is 19.5. The molecule has 0 atom stereocenters. The largest absolute Gasteiger partial charge is 0.462 e. The second-order valence-corrected chi connectivity index (χ2v) is 7.98. The molecule has 0 aliphatic heterocycles. The van der Waals surface area contributed by atoms with Gasteiger partial charge in [-0.15, -0.1) is 11.6 Å². The van der Waals surface area contributed by atoms with Crippen molar-refractivity contribution in [3.05, 3.63) is 94.1 Å². The summed E-state index contributed by atoms with van der Waals surface area (Å²) in [5, 5.41) is 0. The van der Waals surface area contributed by atoms with Gasteiger partial charge >= 0.3 is 5.97 Å². The lowest BCUT2D eigenvalue weighted by molar-refractivity contribution is -0.138. The van der Waals surface area contributed by atoms with Gasteiger partial charge in [0, 0.05) is 35.3 Å². The Morgan fingerprint density at radius 2 is 1.55 bits per heavy atom. The molecule has 1 aromatic carbocycles. The minimum atomic E-state index is -0.511. The fourth-order valence-electron chi connectivity index (χ4n) is 3.24. The number of rotatable bonds is 9. The summed E-state index contributed by atoms with van der Waals surface area (Å²) in [7, 11) is 1.58. The summed E-state index contributed by atoms with van der Waals surface area (Å²) < 4.78 is 5.12. The van der Waals surface area contributed by atoms with Gasteiger partial charge in [0.25, 0.3) is 0 Å². The number of aliphatic imine (C=N–C) groups is 1. The Morgan fingerprint density at radius 3 is 2.09 bits per heavy atom. The van der Waals surface area contributed by atoms with Gasteiger partial charge in [0.1, 0.15) is 0 Å². The maximum absolute atomic E-state index is 13.3. The molecule has 0 amide bonds. The first kappa shape index (κ1) is 25.9. The SMILES string of the molecule is C=C(C(C)=C/C=C(\C)C(=C)C(=O)OCCCCl)C1=C(C(C)=NC)C(=O)c2ccccc2C1=O. The van der Waals surface area contributed by atoms with Crippen LogP contribution < -0.4 is 0 Å². The molecule has 1 aliphatic rings. The van der Waals surface area contributed by atoms with Gasteiger partial charge < -0.3 is 4.74 Å². The van der Waals surface area contributed by atoms with E-state index in [1.165, 1.54) is 0 Å². The number of hydrogen-bond donors (Lipinski definition) is 0. The fraction of sp³-hybridized carbons (Fsp3) is 0.259. The van der Waals surface area contributed by atoms with E-state index < -0.39 is 5.97 Å². The van der Waals surface area contributed by atoms with Crippen LogP contribution in [0, 0.1) is 0 Å². The van der Waals surface area contributed by atoms with Crippen molar-refractivity contribution in [2.24, 2.45) is 4.99 Å². The molecule has 172 valence electrons. The number of carbonyl (C=O) groups excluding carboxylic acids is 3. The lowest BCUT2D eigenvalue weighted by atomic mass is 9.78. The topological polar surface area (TPSA) is 72.8 Å². The highest BCUT2D eigenvalue weighted by atomic mass is 35.5. The average molecular weight is 466 g/mol. The van der Waals surface area contributed by atoms with Crippen LogP contribution in [0.3, 0.4) is 0 Å².